The summed E-state index contributed by atoms with van der Waals surface area (Å²) in [6.07, 6.45) is 0. The van der Waals surface area contributed by atoms with Gasteiger partial charge in [0.15, 0.2) is 0 Å². The third-order valence-electron chi connectivity index (χ3n) is 3.02. The van der Waals surface area contributed by atoms with Crippen LogP contribution < -0.4 is 9.46 Å². The van der Waals surface area contributed by atoms with Crippen molar-refractivity contribution in [1.82, 2.24) is 4.72 Å². The third-order valence-corrected chi connectivity index (χ3v) is 5.16. The van der Waals surface area contributed by atoms with Crippen LogP contribution in [0.2, 0.25) is 0 Å². The van der Waals surface area contributed by atoms with Gasteiger partial charge in [0.1, 0.15) is 5.75 Å². The van der Waals surface area contributed by atoms with Crippen molar-refractivity contribution in [3.05, 3.63) is 60.2 Å². The van der Waals surface area contributed by atoms with Gasteiger partial charge in [-0.05, 0) is 29.8 Å². The van der Waals surface area contributed by atoms with Crippen LogP contribution in [0.25, 0.3) is 0 Å². The van der Waals surface area contributed by atoms with Crippen LogP contribution in [0.3, 0.4) is 0 Å². The van der Waals surface area contributed by atoms with Crippen LogP contribution in [0.1, 0.15) is 11.6 Å². The number of rotatable bonds is 6. The normalized spacial score (nSPS) is 12.9. The highest BCUT2D eigenvalue weighted by Crippen LogP contribution is 2.20. The van der Waals surface area contributed by atoms with Crippen molar-refractivity contribution >= 4 is 26.0 Å². The maximum absolute atomic E-state index is 12.4. The quantitative estimate of drug-likeness (QED) is 0.795. The molecule has 0 saturated heterocycles. The topological polar surface area (TPSA) is 55.4 Å². The van der Waals surface area contributed by atoms with E-state index < -0.39 is 10.0 Å². The summed E-state index contributed by atoms with van der Waals surface area (Å²) < 4.78 is 32.5. The molecule has 0 aliphatic carbocycles. The minimum Gasteiger partial charge on any atom is -0.497 e. The Kier molecular flexibility index (Phi) is 5.39. The van der Waals surface area contributed by atoms with E-state index >= 15 is 0 Å². The van der Waals surface area contributed by atoms with Crippen molar-refractivity contribution in [1.29, 1.82) is 0 Å². The highest BCUT2D eigenvalue weighted by molar-refractivity contribution is 9.09. The lowest BCUT2D eigenvalue weighted by Gasteiger charge is -2.17. The predicted molar refractivity (Wildman–Crippen MR) is 86.3 cm³/mol. The van der Waals surface area contributed by atoms with E-state index in [0.717, 1.165) is 5.56 Å². The molecule has 0 spiro atoms. The Hall–Kier alpha value is -1.37. The monoisotopic (exact) mass is 369 g/mol. The zero-order chi connectivity index (χ0) is 15.3. The Labute approximate surface area is 133 Å². The summed E-state index contributed by atoms with van der Waals surface area (Å²) in [6, 6.07) is 15.4. The van der Waals surface area contributed by atoms with Gasteiger partial charge in [0.05, 0.1) is 18.0 Å². The van der Waals surface area contributed by atoms with Crippen molar-refractivity contribution in [2.75, 3.05) is 12.4 Å². The Balaban J connectivity index is 2.22. The maximum Gasteiger partial charge on any atom is 0.241 e. The molecule has 0 saturated carbocycles. The zero-order valence-electron chi connectivity index (χ0n) is 11.5. The van der Waals surface area contributed by atoms with Crippen molar-refractivity contribution in [2.24, 2.45) is 0 Å². The highest BCUT2D eigenvalue weighted by atomic mass is 79.9. The van der Waals surface area contributed by atoms with Crippen LogP contribution in [0, 0.1) is 0 Å². The zero-order valence-corrected chi connectivity index (χ0v) is 13.9. The van der Waals surface area contributed by atoms with Crippen LogP contribution in [0.4, 0.5) is 0 Å². The maximum atomic E-state index is 12.4. The second-order valence-corrected chi connectivity index (χ2v) is 6.78. The van der Waals surface area contributed by atoms with Gasteiger partial charge in [-0.3, -0.25) is 0 Å². The molecule has 1 unspecified atom stereocenters. The summed E-state index contributed by atoms with van der Waals surface area (Å²) in [4.78, 5) is 0.213. The molecule has 0 aliphatic rings. The van der Waals surface area contributed by atoms with Gasteiger partial charge in [0, 0.05) is 5.33 Å². The van der Waals surface area contributed by atoms with Gasteiger partial charge >= 0.3 is 0 Å². The number of benzene rings is 2. The first-order valence-electron chi connectivity index (χ1n) is 6.34. The molecule has 112 valence electrons. The number of hydrogen-bond acceptors (Lipinski definition) is 3. The Morgan fingerprint density at radius 1 is 1.10 bits per heavy atom. The number of nitrogens with one attached hydrogen (secondary N) is 1. The van der Waals surface area contributed by atoms with Crippen LogP contribution in [0.15, 0.2) is 59.5 Å². The summed E-state index contributed by atoms with van der Waals surface area (Å²) in [5.74, 6) is 0.619. The third kappa shape index (κ3) is 4.06. The fourth-order valence-corrected chi connectivity index (χ4v) is 3.86. The Morgan fingerprint density at radius 3 is 2.24 bits per heavy atom. The van der Waals surface area contributed by atoms with Gasteiger partial charge in [-0.25, -0.2) is 13.1 Å². The average Bonchev–Trinajstić information content (AvgIpc) is 2.53. The molecule has 0 bridgehead atoms. The van der Waals surface area contributed by atoms with Crippen LogP contribution in [-0.4, -0.2) is 20.9 Å². The molecule has 2 aromatic carbocycles. The van der Waals surface area contributed by atoms with E-state index in [4.69, 9.17) is 4.74 Å². The predicted octanol–water partition coefficient (Wildman–Crippen LogP) is 3.11. The van der Waals surface area contributed by atoms with E-state index in [2.05, 4.69) is 20.7 Å². The molecule has 0 heterocycles. The number of alkyl halides is 1. The molecule has 0 amide bonds. The summed E-state index contributed by atoms with van der Waals surface area (Å²) in [5, 5.41) is 0.492. The molecule has 0 aromatic heterocycles. The second-order valence-electron chi connectivity index (χ2n) is 4.41. The van der Waals surface area contributed by atoms with Gasteiger partial charge in [-0.2, -0.15) is 0 Å². The molecule has 0 fully saturated rings. The molecular formula is C15H16BrNO3S. The standard InChI is InChI=1S/C15H16BrNO3S/c1-20-13-7-9-14(10-8-13)21(18,19)17-15(11-16)12-5-3-2-4-6-12/h2-10,15,17H,11H2,1H3. The summed E-state index contributed by atoms with van der Waals surface area (Å²) in [6.45, 7) is 0. The fraction of sp³-hybridized carbons (Fsp3) is 0.200. The number of sulfonamides is 1. The molecule has 2 aromatic rings. The Morgan fingerprint density at radius 2 is 1.71 bits per heavy atom. The first kappa shape index (κ1) is 16.0. The smallest absolute Gasteiger partial charge is 0.241 e. The fourth-order valence-electron chi connectivity index (χ4n) is 1.88. The lowest BCUT2D eigenvalue weighted by molar-refractivity contribution is 0.414. The lowest BCUT2D eigenvalue weighted by atomic mass is 10.1. The van der Waals surface area contributed by atoms with Crippen LogP contribution >= 0.6 is 15.9 Å². The molecule has 21 heavy (non-hydrogen) atoms. The van der Waals surface area contributed by atoms with Gasteiger partial charge in [-0.1, -0.05) is 46.3 Å². The molecule has 1 atom stereocenters. The summed E-state index contributed by atoms with van der Waals surface area (Å²) in [7, 11) is -2.04. The first-order valence-corrected chi connectivity index (χ1v) is 8.94. The van der Waals surface area contributed by atoms with Crippen molar-refractivity contribution < 1.29 is 13.2 Å². The van der Waals surface area contributed by atoms with E-state index in [0.29, 0.717) is 11.1 Å². The SMILES string of the molecule is COc1ccc(S(=O)(=O)NC(CBr)c2ccccc2)cc1. The number of methoxy groups -OCH3 is 1. The van der Waals surface area contributed by atoms with Gasteiger partial charge in [0.2, 0.25) is 10.0 Å². The van der Waals surface area contributed by atoms with Crippen molar-refractivity contribution in [2.45, 2.75) is 10.9 Å². The van der Waals surface area contributed by atoms with Crippen molar-refractivity contribution in [3.8, 4) is 5.75 Å². The summed E-state index contributed by atoms with van der Waals surface area (Å²) in [5.41, 5.74) is 0.909. The molecule has 0 aliphatic heterocycles. The second kappa shape index (κ2) is 7.06. The van der Waals surface area contributed by atoms with Gasteiger partial charge in [0.25, 0.3) is 0 Å². The van der Waals surface area contributed by atoms with Gasteiger partial charge < -0.3 is 4.74 Å². The van der Waals surface area contributed by atoms with Crippen LogP contribution in [0.5, 0.6) is 5.75 Å². The molecule has 6 heteroatoms. The first-order chi connectivity index (χ1) is 10.1. The van der Waals surface area contributed by atoms with E-state index in [1.807, 2.05) is 30.3 Å². The molecular weight excluding hydrogens is 354 g/mol. The molecule has 0 radical (unpaired) electrons. The number of halogens is 1. The molecule has 4 nitrogen and oxygen atoms in total. The average molecular weight is 370 g/mol. The Bertz CT molecular complexity index is 672. The largest absolute Gasteiger partial charge is 0.497 e. The van der Waals surface area contributed by atoms with E-state index in [1.165, 1.54) is 19.2 Å². The van der Waals surface area contributed by atoms with E-state index in [1.54, 1.807) is 12.1 Å². The number of ether oxygens (including phenoxy) is 1. The highest BCUT2D eigenvalue weighted by Gasteiger charge is 2.20. The summed E-state index contributed by atoms with van der Waals surface area (Å²) >= 11 is 3.35. The van der Waals surface area contributed by atoms with E-state index in [9.17, 15) is 8.42 Å². The minimum atomic E-state index is -3.58. The van der Waals surface area contributed by atoms with Crippen LogP contribution in [-0.2, 0) is 10.0 Å². The number of hydrogen-bond donors (Lipinski definition) is 1. The molecule has 2 rings (SSSR count). The molecule has 1 N–H and O–H groups in total. The minimum absolute atomic E-state index is 0.213. The van der Waals surface area contributed by atoms with E-state index in [-0.39, 0.29) is 10.9 Å². The van der Waals surface area contributed by atoms with Gasteiger partial charge in [-0.15, -0.1) is 0 Å². The van der Waals surface area contributed by atoms with Crippen molar-refractivity contribution in [3.63, 3.8) is 0 Å². The lowest BCUT2D eigenvalue weighted by Crippen LogP contribution is -2.29.